The number of para-hydroxylation sites is 1. The number of aryl methyl sites for hydroxylation is 1. The minimum absolute atomic E-state index is 0.0602. The highest BCUT2D eigenvalue weighted by atomic mass is 19.1. The second-order valence-electron chi connectivity index (χ2n) is 3.99. The number of ether oxygens (including phenoxy) is 1. The van der Waals surface area contributed by atoms with E-state index in [0.29, 0.717) is 24.7 Å². The molecular formula is C13H16FN3O2. The van der Waals surface area contributed by atoms with E-state index in [0.717, 1.165) is 5.56 Å². The predicted octanol–water partition coefficient (Wildman–Crippen LogP) is 2.07. The number of benzene rings is 1. The van der Waals surface area contributed by atoms with Crippen molar-refractivity contribution in [1.82, 2.24) is 15.5 Å². The normalized spacial score (nSPS) is 10.7. The fraction of sp³-hybridized carbons (Fsp3) is 0.385. The fourth-order valence-corrected chi connectivity index (χ4v) is 1.67. The minimum atomic E-state index is -0.400. The highest BCUT2D eigenvalue weighted by Crippen LogP contribution is 2.23. The van der Waals surface area contributed by atoms with Gasteiger partial charge in [-0.25, -0.2) is 4.39 Å². The highest BCUT2D eigenvalue weighted by molar-refractivity contribution is 5.34. The molecule has 19 heavy (non-hydrogen) atoms. The Morgan fingerprint density at radius 1 is 1.32 bits per heavy atom. The first kappa shape index (κ1) is 13.5. The van der Waals surface area contributed by atoms with E-state index in [-0.39, 0.29) is 12.4 Å². The molecule has 0 saturated carbocycles. The standard InChI is InChI=1S/C13H16FN3O2/c1-3-11-16-17-12(19-11)8-18-13-9(7-15-2)5-4-6-10(13)14/h4-6,15H,3,7-8H2,1-2H3. The van der Waals surface area contributed by atoms with Gasteiger partial charge in [0.1, 0.15) is 0 Å². The van der Waals surface area contributed by atoms with Crippen LogP contribution in [0, 0.1) is 5.82 Å². The molecule has 1 heterocycles. The average molecular weight is 265 g/mol. The van der Waals surface area contributed by atoms with Gasteiger partial charge in [-0.15, -0.1) is 10.2 Å². The number of hydrogen-bond acceptors (Lipinski definition) is 5. The summed E-state index contributed by atoms with van der Waals surface area (Å²) in [5.41, 5.74) is 0.748. The molecule has 0 unspecified atom stereocenters. The second kappa shape index (κ2) is 6.29. The third-order valence-corrected chi connectivity index (χ3v) is 2.57. The van der Waals surface area contributed by atoms with Gasteiger partial charge in [0.25, 0.3) is 5.89 Å². The molecule has 0 aliphatic heterocycles. The molecule has 0 atom stereocenters. The Labute approximate surface area is 110 Å². The van der Waals surface area contributed by atoms with Crippen LogP contribution in [0.25, 0.3) is 0 Å². The first-order valence-electron chi connectivity index (χ1n) is 6.10. The van der Waals surface area contributed by atoms with Crippen molar-refractivity contribution in [2.45, 2.75) is 26.5 Å². The Morgan fingerprint density at radius 3 is 2.79 bits per heavy atom. The van der Waals surface area contributed by atoms with Crippen LogP contribution in [0.3, 0.4) is 0 Å². The molecule has 2 rings (SSSR count). The summed E-state index contributed by atoms with van der Waals surface area (Å²) in [6, 6.07) is 4.82. The summed E-state index contributed by atoms with van der Waals surface area (Å²) in [7, 11) is 1.79. The number of hydrogen-bond donors (Lipinski definition) is 1. The van der Waals surface area contributed by atoms with E-state index < -0.39 is 5.82 Å². The summed E-state index contributed by atoms with van der Waals surface area (Å²) in [6.07, 6.45) is 0.664. The van der Waals surface area contributed by atoms with E-state index in [9.17, 15) is 4.39 Å². The summed E-state index contributed by atoms with van der Waals surface area (Å²) in [4.78, 5) is 0. The Bertz CT molecular complexity index is 542. The zero-order valence-corrected chi connectivity index (χ0v) is 10.9. The second-order valence-corrected chi connectivity index (χ2v) is 3.99. The molecule has 6 heteroatoms. The molecule has 1 aromatic carbocycles. The van der Waals surface area contributed by atoms with Gasteiger partial charge in [0.2, 0.25) is 5.89 Å². The summed E-state index contributed by atoms with van der Waals surface area (Å²) >= 11 is 0. The molecule has 0 fully saturated rings. The molecule has 0 aliphatic rings. The van der Waals surface area contributed by atoms with Gasteiger partial charge >= 0.3 is 0 Å². The monoisotopic (exact) mass is 265 g/mol. The summed E-state index contributed by atoms with van der Waals surface area (Å²) < 4.78 is 24.5. The molecule has 0 spiro atoms. The van der Waals surface area contributed by atoms with Gasteiger partial charge in [0, 0.05) is 18.5 Å². The number of aromatic nitrogens is 2. The summed E-state index contributed by atoms with van der Waals surface area (Å²) in [5.74, 6) is 0.703. The van der Waals surface area contributed by atoms with Crippen LogP contribution in [0.5, 0.6) is 5.75 Å². The van der Waals surface area contributed by atoms with E-state index in [1.165, 1.54) is 6.07 Å². The molecular weight excluding hydrogens is 249 g/mol. The smallest absolute Gasteiger partial charge is 0.253 e. The molecule has 0 aliphatic carbocycles. The maximum Gasteiger partial charge on any atom is 0.253 e. The van der Waals surface area contributed by atoms with Crippen LogP contribution < -0.4 is 10.1 Å². The van der Waals surface area contributed by atoms with Gasteiger partial charge in [-0.1, -0.05) is 19.1 Å². The molecule has 1 N–H and O–H groups in total. The number of nitrogens with zero attached hydrogens (tertiary/aromatic N) is 2. The number of nitrogens with one attached hydrogen (secondary N) is 1. The molecule has 1 aromatic heterocycles. The Kier molecular flexibility index (Phi) is 4.46. The van der Waals surface area contributed by atoms with E-state index >= 15 is 0 Å². The quantitative estimate of drug-likeness (QED) is 0.866. The topological polar surface area (TPSA) is 60.2 Å². The van der Waals surface area contributed by atoms with Crippen molar-refractivity contribution < 1.29 is 13.5 Å². The van der Waals surface area contributed by atoms with Gasteiger partial charge < -0.3 is 14.5 Å². The lowest BCUT2D eigenvalue weighted by molar-refractivity contribution is 0.246. The van der Waals surface area contributed by atoms with E-state index in [2.05, 4.69) is 15.5 Å². The van der Waals surface area contributed by atoms with Crippen molar-refractivity contribution in [3.05, 3.63) is 41.4 Å². The van der Waals surface area contributed by atoms with Crippen LogP contribution >= 0.6 is 0 Å². The van der Waals surface area contributed by atoms with Crippen molar-refractivity contribution in [2.24, 2.45) is 0 Å². The predicted molar refractivity (Wildman–Crippen MR) is 67.2 cm³/mol. The van der Waals surface area contributed by atoms with Crippen molar-refractivity contribution in [3.8, 4) is 5.75 Å². The molecule has 102 valence electrons. The maximum absolute atomic E-state index is 13.7. The minimum Gasteiger partial charge on any atom is -0.480 e. The van der Waals surface area contributed by atoms with Gasteiger partial charge in [-0.05, 0) is 13.1 Å². The van der Waals surface area contributed by atoms with Gasteiger partial charge in [-0.2, -0.15) is 0 Å². The van der Waals surface area contributed by atoms with Crippen LogP contribution in [0.1, 0.15) is 24.3 Å². The van der Waals surface area contributed by atoms with Crippen molar-refractivity contribution in [3.63, 3.8) is 0 Å². The SMILES string of the molecule is CCc1nnc(COc2c(F)cccc2CNC)o1. The first-order chi connectivity index (χ1) is 9.24. The largest absolute Gasteiger partial charge is 0.480 e. The number of halogens is 1. The van der Waals surface area contributed by atoms with E-state index in [1.54, 1.807) is 19.2 Å². The lowest BCUT2D eigenvalue weighted by atomic mass is 10.2. The third kappa shape index (κ3) is 3.29. The van der Waals surface area contributed by atoms with Crippen molar-refractivity contribution >= 4 is 0 Å². The van der Waals surface area contributed by atoms with E-state index in [1.807, 2.05) is 6.92 Å². The van der Waals surface area contributed by atoms with Crippen LogP contribution in [0.2, 0.25) is 0 Å². The highest BCUT2D eigenvalue weighted by Gasteiger charge is 2.11. The summed E-state index contributed by atoms with van der Waals surface area (Å²) in [5, 5.41) is 10.6. The van der Waals surface area contributed by atoms with Crippen molar-refractivity contribution in [2.75, 3.05) is 7.05 Å². The van der Waals surface area contributed by atoms with Crippen LogP contribution in [-0.2, 0) is 19.6 Å². The third-order valence-electron chi connectivity index (χ3n) is 2.57. The van der Waals surface area contributed by atoms with Crippen LogP contribution in [0.15, 0.2) is 22.6 Å². The fourth-order valence-electron chi connectivity index (χ4n) is 1.67. The molecule has 0 saturated heterocycles. The molecule has 2 aromatic rings. The zero-order chi connectivity index (χ0) is 13.7. The lowest BCUT2D eigenvalue weighted by Gasteiger charge is -2.10. The average Bonchev–Trinajstić information content (AvgIpc) is 2.86. The lowest BCUT2D eigenvalue weighted by Crippen LogP contribution is -2.08. The van der Waals surface area contributed by atoms with Crippen molar-refractivity contribution in [1.29, 1.82) is 0 Å². The Hall–Kier alpha value is -1.95. The van der Waals surface area contributed by atoms with Gasteiger partial charge in [0.05, 0.1) is 0 Å². The molecule has 5 nitrogen and oxygen atoms in total. The number of rotatable bonds is 6. The first-order valence-corrected chi connectivity index (χ1v) is 6.10. The van der Waals surface area contributed by atoms with E-state index in [4.69, 9.17) is 9.15 Å². The Balaban J connectivity index is 2.09. The Morgan fingerprint density at radius 2 is 2.11 bits per heavy atom. The summed E-state index contributed by atoms with van der Waals surface area (Å²) in [6.45, 7) is 2.50. The van der Waals surface area contributed by atoms with Crippen LogP contribution in [0.4, 0.5) is 4.39 Å². The van der Waals surface area contributed by atoms with Crippen LogP contribution in [-0.4, -0.2) is 17.2 Å². The van der Waals surface area contributed by atoms with Gasteiger partial charge in [0.15, 0.2) is 18.2 Å². The maximum atomic E-state index is 13.7. The molecule has 0 amide bonds. The molecule has 0 bridgehead atoms. The molecule has 0 radical (unpaired) electrons. The zero-order valence-electron chi connectivity index (χ0n) is 10.9. The van der Waals surface area contributed by atoms with Gasteiger partial charge in [-0.3, -0.25) is 0 Å².